The predicted molar refractivity (Wildman–Crippen MR) is 55.1 cm³/mol. The van der Waals surface area contributed by atoms with Crippen molar-refractivity contribution >= 4 is 52.7 Å². The van der Waals surface area contributed by atoms with Crippen molar-refractivity contribution in [3.63, 3.8) is 0 Å². The Morgan fingerprint density at radius 2 is 0.750 bits per heavy atom. The van der Waals surface area contributed by atoms with E-state index in [1.807, 2.05) is 0 Å². The molecule has 0 aliphatic heterocycles. The molecule has 0 aromatic heterocycles. The zero-order valence-electron chi connectivity index (χ0n) is 7.90. The molecule has 93 valence electrons. The minimum Gasteiger partial charge on any atom is -0.480 e. The van der Waals surface area contributed by atoms with Crippen molar-refractivity contribution in [3.05, 3.63) is 0 Å². The third-order valence-corrected chi connectivity index (χ3v) is 1.03. The summed E-state index contributed by atoms with van der Waals surface area (Å²) in [7, 11) is 0. The SMILES string of the molecule is O=C(O)CCl.O=C(O)CCl.O=C(O)CCl.[Y]. The Hall–Kier alpha value is 0.384. The Bertz CT molecular complexity index is 167. The second kappa shape index (κ2) is 20.8. The van der Waals surface area contributed by atoms with E-state index >= 15 is 0 Å². The third-order valence-electron chi connectivity index (χ3n) is 0.343. The number of aliphatic carboxylic acids is 3. The van der Waals surface area contributed by atoms with E-state index in [1.54, 1.807) is 0 Å². The molecule has 0 saturated heterocycles. The minimum absolute atomic E-state index is 0. The van der Waals surface area contributed by atoms with Crippen LogP contribution >= 0.6 is 34.8 Å². The molecular formula is C6H9Cl3O6Y. The number of alkyl halides is 3. The van der Waals surface area contributed by atoms with Gasteiger partial charge in [0.1, 0.15) is 17.6 Å². The van der Waals surface area contributed by atoms with Gasteiger partial charge in [-0.3, -0.25) is 14.4 Å². The molecule has 0 aliphatic rings. The Balaban J connectivity index is -0.0000000655. The van der Waals surface area contributed by atoms with Gasteiger partial charge in [-0.2, -0.15) is 0 Å². The van der Waals surface area contributed by atoms with Gasteiger partial charge in [0.05, 0.1) is 0 Å². The molecule has 0 aromatic rings. The van der Waals surface area contributed by atoms with Crippen LogP contribution in [-0.2, 0) is 47.1 Å². The Labute approximate surface area is 132 Å². The first kappa shape index (κ1) is 25.3. The summed E-state index contributed by atoms with van der Waals surface area (Å²) in [6.07, 6.45) is 0. The topological polar surface area (TPSA) is 112 Å². The zero-order valence-corrected chi connectivity index (χ0v) is 13.0. The summed E-state index contributed by atoms with van der Waals surface area (Å²) in [5.74, 6) is -3.86. The van der Waals surface area contributed by atoms with Gasteiger partial charge in [0, 0.05) is 32.7 Å². The average molecular weight is 372 g/mol. The summed E-state index contributed by atoms with van der Waals surface area (Å²) in [6, 6.07) is 0. The summed E-state index contributed by atoms with van der Waals surface area (Å²) in [5.41, 5.74) is 0. The van der Waals surface area contributed by atoms with Crippen LogP contribution < -0.4 is 0 Å². The van der Waals surface area contributed by atoms with Gasteiger partial charge in [0.2, 0.25) is 0 Å². The molecule has 0 fully saturated rings. The molecule has 0 unspecified atom stereocenters. The van der Waals surface area contributed by atoms with Crippen molar-refractivity contribution < 1.29 is 62.4 Å². The average Bonchev–Trinajstić information content (AvgIpc) is 2.19. The molecule has 0 atom stereocenters. The molecule has 0 rings (SSSR count). The Morgan fingerprint density at radius 3 is 0.750 bits per heavy atom. The summed E-state index contributed by atoms with van der Waals surface area (Å²) in [4.78, 5) is 27.7. The molecule has 0 bridgehead atoms. The fourth-order valence-corrected chi connectivity index (χ4v) is 0. The smallest absolute Gasteiger partial charge is 0.318 e. The number of halogens is 3. The third kappa shape index (κ3) is 63.2. The van der Waals surface area contributed by atoms with Crippen molar-refractivity contribution in [1.82, 2.24) is 0 Å². The minimum atomic E-state index is -0.980. The van der Waals surface area contributed by atoms with E-state index in [9.17, 15) is 14.4 Å². The van der Waals surface area contributed by atoms with Crippen molar-refractivity contribution in [3.8, 4) is 0 Å². The van der Waals surface area contributed by atoms with Gasteiger partial charge in [0.15, 0.2) is 0 Å². The van der Waals surface area contributed by atoms with Crippen molar-refractivity contribution in [2.75, 3.05) is 17.6 Å². The number of hydrogen-bond donors (Lipinski definition) is 3. The molecule has 0 aliphatic carbocycles. The summed E-state index contributed by atoms with van der Waals surface area (Å²) < 4.78 is 0. The predicted octanol–water partition coefficient (Wildman–Crippen LogP) is 0.927. The molecule has 0 heterocycles. The van der Waals surface area contributed by atoms with Crippen LogP contribution in [0.5, 0.6) is 0 Å². The normalized spacial score (nSPS) is 6.94. The van der Waals surface area contributed by atoms with Gasteiger partial charge in [-0.25, -0.2) is 0 Å². The number of rotatable bonds is 3. The summed E-state index contributed by atoms with van der Waals surface area (Å²) in [5, 5.41) is 22.8. The fourth-order valence-electron chi connectivity index (χ4n) is 0. The standard InChI is InChI=1S/3C2H3ClO2.Y/c3*3-1-2(4)5;/h3*1H2,(H,4,5);. The van der Waals surface area contributed by atoms with Gasteiger partial charge in [-0.05, 0) is 0 Å². The van der Waals surface area contributed by atoms with E-state index in [0.29, 0.717) is 0 Å². The first-order chi connectivity index (χ1) is 6.81. The summed E-state index contributed by atoms with van der Waals surface area (Å²) in [6.45, 7) is 0. The van der Waals surface area contributed by atoms with E-state index in [-0.39, 0.29) is 50.3 Å². The van der Waals surface area contributed by atoms with E-state index in [2.05, 4.69) is 0 Å². The number of carbonyl (C=O) groups is 3. The van der Waals surface area contributed by atoms with Crippen molar-refractivity contribution in [2.24, 2.45) is 0 Å². The first-order valence-corrected chi connectivity index (χ1v) is 4.75. The maximum atomic E-state index is 9.24. The van der Waals surface area contributed by atoms with E-state index in [0.717, 1.165) is 0 Å². The molecule has 0 saturated carbocycles. The molecule has 16 heavy (non-hydrogen) atoms. The van der Waals surface area contributed by atoms with Gasteiger partial charge in [-0.15, -0.1) is 34.8 Å². The fraction of sp³-hybridized carbons (Fsp3) is 0.500. The van der Waals surface area contributed by atoms with Crippen LogP contribution in [0.3, 0.4) is 0 Å². The molecule has 6 nitrogen and oxygen atoms in total. The maximum Gasteiger partial charge on any atom is 0.318 e. The number of carboxylic acids is 3. The van der Waals surface area contributed by atoms with Crippen LogP contribution in [0.15, 0.2) is 0 Å². The van der Waals surface area contributed by atoms with Gasteiger partial charge >= 0.3 is 17.9 Å². The second-order valence-electron chi connectivity index (χ2n) is 1.58. The van der Waals surface area contributed by atoms with Crippen molar-refractivity contribution in [2.45, 2.75) is 0 Å². The van der Waals surface area contributed by atoms with Crippen LogP contribution in [0.4, 0.5) is 0 Å². The largest absolute Gasteiger partial charge is 0.480 e. The summed E-state index contributed by atoms with van der Waals surface area (Å²) >= 11 is 14.2. The number of hydrogen-bond acceptors (Lipinski definition) is 3. The van der Waals surface area contributed by atoms with Crippen LogP contribution in [0, 0.1) is 0 Å². The molecule has 3 N–H and O–H groups in total. The number of carboxylic acid groups (broad SMARTS) is 3. The van der Waals surface area contributed by atoms with Crippen molar-refractivity contribution in [1.29, 1.82) is 0 Å². The molecule has 0 aromatic carbocycles. The van der Waals surface area contributed by atoms with E-state index in [1.165, 1.54) is 0 Å². The molecule has 0 spiro atoms. The van der Waals surface area contributed by atoms with Gasteiger partial charge in [-0.1, -0.05) is 0 Å². The van der Waals surface area contributed by atoms with Crippen LogP contribution in [0.2, 0.25) is 0 Å². The molecule has 10 heteroatoms. The molecule has 0 amide bonds. The van der Waals surface area contributed by atoms with E-state index < -0.39 is 17.9 Å². The first-order valence-electron chi connectivity index (χ1n) is 3.15. The van der Waals surface area contributed by atoms with Crippen LogP contribution in [0.25, 0.3) is 0 Å². The monoisotopic (exact) mass is 371 g/mol. The Kier molecular flexibility index (Phi) is 32.8. The maximum absolute atomic E-state index is 9.24. The van der Waals surface area contributed by atoms with Gasteiger partial charge < -0.3 is 15.3 Å². The van der Waals surface area contributed by atoms with E-state index in [4.69, 9.17) is 50.1 Å². The quantitative estimate of drug-likeness (QED) is 0.636. The van der Waals surface area contributed by atoms with Gasteiger partial charge in [0.25, 0.3) is 0 Å². The zero-order chi connectivity index (χ0) is 12.9. The molecular weight excluding hydrogens is 363 g/mol. The van der Waals surface area contributed by atoms with Crippen LogP contribution in [0.1, 0.15) is 0 Å². The van der Waals surface area contributed by atoms with Crippen LogP contribution in [-0.4, -0.2) is 50.9 Å². The Morgan fingerprint density at radius 1 is 0.688 bits per heavy atom. The second-order valence-corrected chi connectivity index (χ2v) is 2.38. The molecule has 1 radical (unpaired) electrons.